The molecule has 3 heterocycles. The summed E-state index contributed by atoms with van der Waals surface area (Å²) in [6.45, 7) is 6.45. The molecule has 1 N–H and O–H groups in total. The van der Waals surface area contributed by atoms with E-state index in [1.54, 1.807) is 17.6 Å². The fourth-order valence-electron chi connectivity index (χ4n) is 3.50. The summed E-state index contributed by atoms with van der Waals surface area (Å²) in [5.74, 6) is 1.22. The van der Waals surface area contributed by atoms with Gasteiger partial charge in [0, 0.05) is 65.5 Å². The molecule has 1 unspecified atom stereocenters. The summed E-state index contributed by atoms with van der Waals surface area (Å²) in [5, 5.41) is 7.39. The first kappa shape index (κ1) is 22.4. The van der Waals surface area contributed by atoms with E-state index in [0.717, 1.165) is 57.3 Å². The Labute approximate surface area is 178 Å². The van der Waals surface area contributed by atoms with E-state index >= 15 is 0 Å². The Bertz CT molecular complexity index is 704. The molecule has 2 aliphatic heterocycles. The Morgan fingerprint density at radius 1 is 1.33 bits per heavy atom. The molecule has 2 saturated heterocycles. The summed E-state index contributed by atoms with van der Waals surface area (Å²) < 4.78 is 29.7. The highest BCUT2D eigenvalue weighted by Gasteiger charge is 2.29. The molecule has 1 aromatic heterocycles. The number of halogens is 1. The summed E-state index contributed by atoms with van der Waals surface area (Å²) in [4.78, 5) is 9.00. The maximum absolute atomic E-state index is 11.6. The highest BCUT2D eigenvalue weighted by atomic mass is 127. The summed E-state index contributed by atoms with van der Waals surface area (Å²) in [6.07, 6.45) is 3.77. The topological polar surface area (TPSA) is 94.3 Å². The normalized spacial score (nSPS) is 22.7. The van der Waals surface area contributed by atoms with Crippen LogP contribution in [0.25, 0.3) is 0 Å². The van der Waals surface area contributed by atoms with Gasteiger partial charge in [0.1, 0.15) is 6.26 Å². The molecule has 2 aliphatic rings. The molecule has 0 spiro atoms. The van der Waals surface area contributed by atoms with Gasteiger partial charge in [-0.05, 0) is 12.3 Å². The Kier molecular flexibility index (Phi) is 8.31. The number of rotatable bonds is 5. The van der Waals surface area contributed by atoms with Gasteiger partial charge in [-0.25, -0.2) is 12.7 Å². The second-order valence-electron chi connectivity index (χ2n) is 6.96. The Morgan fingerprint density at radius 2 is 2.07 bits per heavy atom. The highest BCUT2D eigenvalue weighted by Crippen LogP contribution is 2.18. The first-order chi connectivity index (χ1) is 12.5. The number of aromatic nitrogens is 1. The van der Waals surface area contributed by atoms with Crippen molar-refractivity contribution in [2.45, 2.75) is 13.0 Å². The second-order valence-corrected chi connectivity index (χ2v) is 8.94. The van der Waals surface area contributed by atoms with Gasteiger partial charge in [0.15, 0.2) is 5.96 Å². The molecule has 1 aromatic rings. The van der Waals surface area contributed by atoms with Crippen LogP contribution in [0.5, 0.6) is 0 Å². The van der Waals surface area contributed by atoms with Crippen molar-refractivity contribution in [3.8, 4) is 0 Å². The van der Waals surface area contributed by atoms with E-state index in [0.29, 0.717) is 19.0 Å². The van der Waals surface area contributed by atoms with Gasteiger partial charge in [-0.15, -0.1) is 24.0 Å². The van der Waals surface area contributed by atoms with Crippen molar-refractivity contribution >= 4 is 40.0 Å². The first-order valence-electron chi connectivity index (χ1n) is 8.98. The average molecular weight is 512 g/mol. The number of hydrogen-bond donors (Lipinski definition) is 1. The molecule has 0 aromatic carbocycles. The second kappa shape index (κ2) is 10.0. The Balaban J connectivity index is 0.00000261. The molecule has 1 atom stereocenters. The number of guanidine groups is 1. The molecule has 0 saturated carbocycles. The van der Waals surface area contributed by atoms with Gasteiger partial charge in [-0.3, -0.25) is 9.89 Å². The van der Waals surface area contributed by atoms with Crippen LogP contribution in [0.4, 0.5) is 0 Å². The highest BCUT2D eigenvalue weighted by molar-refractivity contribution is 14.0. The molecule has 0 radical (unpaired) electrons. The summed E-state index contributed by atoms with van der Waals surface area (Å²) >= 11 is 0. The molecule has 0 aliphatic carbocycles. The van der Waals surface area contributed by atoms with Crippen molar-refractivity contribution < 1.29 is 12.9 Å². The van der Waals surface area contributed by atoms with Gasteiger partial charge in [-0.2, -0.15) is 0 Å². The third kappa shape index (κ3) is 6.29. The standard InChI is InChI=1S/C16H28N6O3S.HI/c1-17-16(18-11-14-3-5-22(12-14)26(2,23)24)21-8-6-20(7-9-21)13-15-4-10-25-19-15;/h4,10,14H,3,5-9,11-13H2,1-2H3,(H,17,18);1H. The number of sulfonamides is 1. The van der Waals surface area contributed by atoms with Crippen LogP contribution in [0.3, 0.4) is 0 Å². The fraction of sp³-hybridized carbons (Fsp3) is 0.750. The summed E-state index contributed by atoms with van der Waals surface area (Å²) in [5.41, 5.74) is 0.956. The molecule has 3 rings (SSSR count). The minimum atomic E-state index is -3.08. The van der Waals surface area contributed by atoms with Crippen LogP contribution in [0, 0.1) is 5.92 Å². The Hall–Kier alpha value is -0.920. The number of nitrogens with one attached hydrogen (secondary N) is 1. The maximum Gasteiger partial charge on any atom is 0.211 e. The zero-order valence-corrected chi connectivity index (χ0v) is 19.0. The van der Waals surface area contributed by atoms with Gasteiger partial charge in [0.2, 0.25) is 10.0 Å². The number of piperazine rings is 1. The van der Waals surface area contributed by atoms with Crippen LogP contribution < -0.4 is 5.32 Å². The van der Waals surface area contributed by atoms with E-state index in [9.17, 15) is 8.42 Å². The van der Waals surface area contributed by atoms with Gasteiger partial charge < -0.3 is 14.7 Å². The van der Waals surface area contributed by atoms with E-state index in [1.165, 1.54) is 6.26 Å². The molecule has 154 valence electrons. The smallest absolute Gasteiger partial charge is 0.211 e. The summed E-state index contributed by atoms with van der Waals surface area (Å²) in [6, 6.07) is 1.90. The fourth-order valence-corrected chi connectivity index (χ4v) is 4.42. The lowest BCUT2D eigenvalue weighted by atomic mass is 10.1. The zero-order valence-electron chi connectivity index (χ0n) is 15.9. The summed E-state index contributed by atoms with van der Waals surface area (Å²) in [7, 11) is -1.29. The molecule has 2 fully saturated rings. The van der Waals surface area contributed by atoms with Crippen molar-refractivity contribution in [2.75, 3.05) is 59.1 Å². The molecule has 0 bridgehead atoms. The SMILES string of the molecule is CN=C(NCC1CCN(S(C)(=O)=O)C1)N1CCN(Cc2ccon2)CC1.I. The lowest BCUT2D eigenvalue weighted by Crippen LogP contribution is -2.52. The van der Waals surface area contributed by atoms with Crippen LogP contribution in [-0.4, -0.2) is 92.8 Å². The first-order valence-corrected chi connectivity index (χ1v) is 10.8. The predicted molar refractivity (Wildman–Crippen MR) is 115 cm³/mol. The zero-order chi connectivity index (χ0) is 18.6. The van der Waals surface area contributed by atoms with Crippen molar-refractivity contribution in [1.82, 2.24) is 24.6 Å². The van der Waals surface area contributed by atoms with Crippen molar-refractivity contribution in [3.05, 3.63) is 18.0 Å². The molecule has 11 heteroatoms. The molecule has 0 amide bonds. The van der Waals surface area contributed by atoms with Gasteiger partial charge >= 0.3 is 0 Å². The third-order valence-electron chi connectivity index (χ3n) is 5.03. The van der Waals surface area contributed by atoms with E-state index in [1.807, 2.05) is 6.07 Å². The van der Waals surface area contributed by atoms with E-state index < -0.39 is 10.0 Å². The lowest BCUT2D eigenvalue weighted by Gasteiger charge is -2.36. The van der Waals surface area contributed by atoms with E-state index in [4.69, 9.17) is 4.52 Å². The Morgan fingerprint density at radius 3 is 2.63 bits per heavy atom. The number of nitrogens with zero attached hydrogens (tertiary/aromatic N) is 5. The van der Waals surface area contributed by atoms with Crippen molar-refractivity contribution in [3.63, 3.8) is 0 Å². The van der Waals surface area contributed by atoms with Gasteiger partial charge in [0.05, 0.1) is 11.9 Å². The monoisotopic (exact) mass is 512 g/mol. The van der Waals surface area contributed by atoms with Crippen LogP contribution in [0.2, 0.25) is 0 Å². The van der Waals surface area contributed by atoms with Crippen LogP contribution in [0.1, 0.15) is 12.1 Å². The minimum Gasteiger partial charge on any atom is -0.364 e. The lowest BCUT2D eigenvalue weighted by molar-refractivity contribution is 0.168. The van der Waals surface area contributed by atoms with Crippen LogP contribution in [-0.2, 0) is 16.6 Å². The van der Waals surface area contributed by atoms with Crippen molar-refractivity contribution in [1.29, 1.82) is 0 Å². The van der Waals surface area contributed by atoms with E-state index in [2.05, 4.69) is 25.3 Å². The predicted octanol–water partition coefficient (Wildman–Crippen LogP) is 0.267. The molecule has 27 heavy (non-hydrogen) atoms. The molecular formula is C16H29IN6O3S. The van der Waals surface area contributed by atoms with Crippen molar-refractivity contribution in [2.24, 2.45) is 10.9 Å². The van der Waals surface area contributed by atoms with Gasteiger partial charge in [-0.1, -0.05) is 5.16 Å². The van der Waals surface area contributed by atoms with Crippen LogP contribution in [0.15, 0.2) is 21.8 Å². The minimum absolute atomic E-state index is 0. The maximum atomic E-state index is 11.6. The average Bonchev–Trinajstić information content (AvgIpc) is 3.28. The third-order valence-corrected chi connectivity index (χ3v) is 6.30. The van der Waals surface area contributed by atoms with E-state index in [-0.39, 0.29) is 24.0 Å². The largest absolute Gasteiger partial charge is 0.364 e. The van der Waals surface area contributed by atoms with Crippen LogP contribution >= 0.6 is 24.0 Å². The number of aliphatic imine (C=N–C) groups is 1. The molecule has 9 nitrogen and oxygen atoms in total. The molecular weight excluding hydrogens is 483 g/mol. The van der Waals surface area contributed by atoms with Gasteiger partial charge in [0.25, 0.3) is 0 Å². The quantitative estimate of drug-likeness (QED) is 0.344. The number of hydrogen-bond acceptors (Lipinski definition) is 6.